The van der Waals surface area contributed by atoms with Crippen LogP contribution in [0.15, 0.2) is 57.5 Å². The van der Waals surface area contributed by atoms with Gasteiger partial charge >= 0.3 is 0 Å². The van der Waals surface area contributed by atoms with E-state index in [2.05, 4.69) is 31.9 Å². The van der Waals surface area contributed by atoms with Crippen molar-refractivity contribution >= 4 is 49.4 Å². The molecule has 0 aliphatic heterocycles. The minimum atomic E-state index is -0.488. The standard InChI is InChI=1S/C16H11Br2NO3/c17-13-3-1-2-11(8-13)4-5-12(10-20)15-9-14(18)6-7-16(15)19(21)22/h1-3,5-10H,4H2. The van der Waals surface area contributed by atoms with E-state index in [1.54, 1.807) is 18.2 Å². The van der Waals surface area contributed by atoms with Gasteiger partial charge in [0.15, 0.2) is 6.29 Å². The smallest absolute Gasteiger partial charge is 0.277 e. The van der Waals surface area contributed by atoms with Crippen molar-refractivity contribution in [2.75, 3.05) is 0 Å². The predicted octanol–water partition coefficient (Wildman–Crippen LogP) is 4.94. The van der Waals surface area contributed by atoms with E-state index in [0.29, 0.717) is 28.3 Å². The Kier molecular flexibility index (Phi) is 5.63. The molecule has 0 atom stereocenters. The molecule has 0 heterocycles. The van der Waals surface area contributed by atoms with Crippen LogP contribution in [0.3, 0.4) is 0 Å². The molecule has 0 fully saturated rings. The Morgan fingerprint density at radius 3 is 2.50 bits per heavy atom. The molecule has 0 aliphatic carbocycles. The molecule has 0 aromatic heterocycles. The lowest BCUT2D eigenvalue weighted by Crippen LogP contribution is -1.97. The van der Waals surface area contributed by atoms with Gasteiger partial charge in [-0.15, -0.1) is 0 Å². The molecule has 2 rings (SSSR count). The molecule has 0 unspecified atom stereocenters. The molecule has 6 heteroatoms. The van der Waals surface area contributed by atoms with Gasteiger partial charge in [-0.1, -0.05) is 50.1 Å². The average Bonchev–Trinajstić information content (AvgIpc) is 2.48. The highest BCUT2D eigenvalue weighted by Crippen LogP contribution is 2.28. The van der Waals surface area contributed by atoms with Gasteiger partial charge in [0.1, 0.15) is 0 Å². The van der Waals surface area contributed by atoms with Crippen molar-refractivity contribution in [2.45, 2.75) is 6.42 Å². The number of benzene rings is 2. The van der Waals surface area contributed by atoms with E-state index in [4.69, 9.17) is 0 Å². The highest BCUT2D eigenvalue weighted by atomic mass is 79.9. The molecule has 0 saturated carbocycles. The van der Waals surface area contributed by atoms with Gasteiger partial charge in [-0.25, -0.2) is 0 Å². The summed E-state index contributed by atoms with van der Waals surface area (Å²) in [4.78, 5) is 22.0. The average molecular weight is 425 g/mol. The molecular formula is C16H11Br2NO3. The van der Waals surface area contributed by atoms with Crippen molar-refractivity contribution in [3.63, 3.8) is 0 Å². The second kappa shape index (κ2) is 7.47. The molecule has 0 amide bonds. The maximum Gasteiger partial charge on any atom is 0.277 e. The van der Waals surface area contributed by atoms with Gasteiger partial charge in [0, 0.05) is 20.6 Å². The molecule has 0 spiro atoms. The van der Waals surface area contributed by atoms with Gasteiger partial charge in [-0.05, 0) is 36.2 Å². The zero-order valence-corrected chi connectivity index (χ0v) is 14.5. The molecule has 0 radical (unpaired) electrons. The van der Waals surface area contributed by atoms with Crippen LogP contribution in [0.2, 0.25) is 0 Å². The number of aldehydes is 1. The number of halogens is 2. The predicted molar refractivity (Wildman–Crippen MR) is 92.7 cm³/mol. The van der Waals surface area contributed by atoms with Crippen LogP contribution in [0.4, 0.5) is 5.69 Å². The normalized spacial score (nSPS) is 11.3. The number of rotatable bonds is 5. The van der Waals surface area contributed by atoms with Gasteiger partial charge in [-0.3, -0.25) is 14.9 Å². The van der Waals surface area contributed by atoms with E-state index in [1.807, 2.05) is 24.3 Å². The van der Waals surface area contributed by atoms with Gasteiger partial charge in [-0.2, -0.15) is 0 Å². The Morgan fingerprint density at radius 2 is 1.86 bits per heavy atom. The van der Waals surface area contributed by atoms with E-state index in [0.717, 1.165) is 10.0 Å². The molecule has 0 aliphatic rings. The number of nitro groups is 1. The molecule has 2 aromatic carbocycles. The zero-order chi connectivity index (χ0) is 16.1. The van der Waals surface area contributed by atoms with Crippen LogP contribution in [0, 0.1) is 10.1 Å². The second-order valence-corrected chi connectivity index (χ2v) is 6.36. The number of carbonyl (C=O) groups excluding carboxylic acids is 1. The Morgan fingerprint density at radius 1 is 1.14 bits per heavy atom. The van der Waals surface area contributed by atoms with Gasteiger partial charge in [0.05, 0.1) is 10.5 Å². The lowest BCUT2D eigenvalue weighted by molar-refractivity contribution is -0.385. The molecule has 0 saturated heterocycles. The Hall–Kier alpha value is -1.79. The third kappa shape index (κ3) is 4.11. The monoisotopic (exact) mass is 423 g/mol. The number of hydrogen-bond donors (Lipinski definition) is 0. The van der Waals surface area contributed by atoms with Crippen molar-refractivity contribution in [1.82, 2.24) is 0 Å². The molecule has 0 N–H and O–H groups in total. The van der Waals surface area contributed by atoms with E-state index in [-0.39, 0.29) is 5.69 Å². The Bertz CT molecular complexity index is 757. The molecular weight excluding hydrogens is 414 g/mol. The summed E-state index contributed by atoms with van der Waals surface area (Å²) in [6.45, 7) is 0. The Balaban J connectivity index is 2.39. The highest BCUT2D eigenvalue weighted by Gasteiger charge is 2.17. The number of nitrogens with zero attached hydrogens (tertiary/aromatic N) is 1. The third-order valence-corrected chi connectivity index (χ3v) is 4.03. The van der Waals surface area contributed by atoms with E-state index in [1.165, 1.54) is 6.07 Å². The third-order valence-electron chi connectivity index (χ3n) is 3.04. The Labute approximate surface area is 144 Å². The topological polar surface area (TPSA) is 60.2 Å². The summed E-state index contributed by atoms with van der Waals surface area (Å²) in [7, 11) is 0. The van der Waals surface area contributed by atoms with Crippen LogP contribution >= 0.6 is 31.9 Å². The number of allylic oxidation sites excluding steroid dienone is 2. The first-order chi connectivity index (χ1) is 10.5. The van der Waals surface area contributed by atoms with Crippen molar-refractivity contribution in [1.29, 1.82) is 0 Å². The first kappa shape index (κ1) is 16.6. The number of nitro benzene ring substituents is 1. The summed E-state index contributed by atoms with van der Waals surface area (Å²) in [6, 6.07) is 12.2. The van der Waals surface area contributed by atoms with Crippen molar-refractivity contribution in [3.8, 4) is 0 Å². The lowest BCUT2D eigenvalue weighted by Gasteiger charge is -2.04. The molecule has 2 aromatic rings. The fourth-order valence-electron chi connectivity index (χ4n) is 2.01. The lowest BCUT2D eigenvalue weighted by atomic mass is 10.0. The minimum absolute atomic E-state index is 0.0872. The maximum absolute atomic E-state index is 11.4. The fraction of sp³-hybridized carbons (Fsp3) is 0.0625. The number of carbonyl (C=O) groups is 1. The summed E-state index contributed by atoms with van der Waals surface area (Å²) >= 11 is 6.66. The molecule has 0 bridgehead atoms. The van der Waals surface area contributed by atoms with Crippen LogP contribution < -0.4 is 0 Å². The highest BCUT2D eigenvalue weighted by molar-refractivity contribution is 9.10. The molecule has 4 nitrogen and oxygen atoms in total. The summed E-state index contributed by atoms with van der Waals surface area (Å²) in [5.74, 6) is 0. The van der Waals surface area contributed by atoms with Crippen LogP contribution in [0.25, 0.3) is 5.57 Å². The summed E-state index contributed by atoms with van der Waals surface area (Å²) < 4.78 is 1.63. The largest absolute Gasteiger partial charge is 0.298 e. The number of hydrogen-bond acceptors (Lipinski definition) is 3. The van der Waals surface area contributed by atoms with Gasteiger partial charge in [0.25, 0.3) is 5.69 Å². The fourth-order valence-corrected chi connectivity index (χ4v) is 2.82. The minimum Gasteiger partial charge on any atom is -0.298 e. The van der Waals surface area contributed by atoms with Crippen LogP contribution in [0.5, 0.6) is 0 Å². The zero-order valence-electron chi connectivity index (χ0n) is 11.3. The van der Waals surface area contributed by atoms with Gasteiger partial charge in [0.2, 0.25) is 0 Å². The van der Waals surface area contributed by atoms with E-state index >= 15 is 0 Å². The molecule has 112 valence electrons. The van der Waals surface area contributed by atoms with Crippen LogP contribution in [-0.2, 0) is 11.2 Å². The van der Waals surface area contributed by atoms with Crippen molar-refractivity contribution < 1.29 is 9.72 Å². The van der Waals surface area contributed by atoms with Crippen molar-refractivity contribution in [2.24, 2.45) is 0 Å². The van der Waals surface area contributed by atoms with Gasteiger partial charge < -0.3 is 0 Å². The summed E-state index contributed by atoms with van der Waals surface area (Å²) in [6.07, 6.45) is 2.85. The summed E-state index contributed by atoms with van der Waals surface area (Å²) in [5.41, 5.74) is 1.53. The van der Waals surface area contributed by atoms with Crippen molar-refractivity contribution in [3.05, 3.63) is 78.7 Å². The molecule has 22 heavy (non-hydrogen) atoms. The first-order valence-electron chi connectivity index (χ1n) is 6.35. The van der Waals surface area contributed by atoms with Crippen LogP contribution in [0.1, 0.15) is 11.1 Å². The quantitative estimate of drug-likeness (QED) is 0.295. The first-order valence-corrected chi connectivity index (χ1v) is 7.94. The SMILES string of the molecule is O=CC(=CCc1cccc(Br)c1)c1cc(Br)ccc1[N+](=O)[O-]. The van der Waals surface area contributed by atoms with Crippen LogP contribution in [-0.4, -0.2) is 11.2 Å². The maximum atomic E-state index is 11.4. The second-order valence-electron chi connectivity index (χ2n) is 4.53. The summed E-state index contributed by atoms with van der Waals surface area (Å²) in [5, 5.41) is 11.1. The van der Waals surface area contributed by atoms with E-state index in [9.17, 15) is 14.9 Å². The van der Waals surface area contributed by atoms with E-state index < -0.39 is 4.92 Å².